The molecule has 0 aliphatic heterocycles. The van der Waals surface area contributed by atoms with Gasteiger partial charge in [0.2, 0.25) is 0 Å². The lowest BCUT2D eigenvalue weighted by Crippen LogP contribution is -2.20. The molecule has 0 aliphatic rings. The molecule has 4 aromatic rings. The number of aryl methyl sites for hydroxylation is 1. The maximum absolute atomic E-state index is 14.2. The Morgan fingerprint density at radius 3 is 2.38 bits per heavy atom. The quantitative estimate of drug-likeness (QED) is 0.239. The van der Waals surface area contributed by atoms with Gasteiger partial charge in [-0.25, -0.2) is 12.4 Å². The number of aromatic nitrogens is 1. The molecular formula is C25H23BrCl2N2O3S. The lowest BCUT2D eigenvalue weighted by atomic mass is 10.1. The molecule has 0 spiro atoms. The number of rotatable bonds is 7. The zero-order valence-corrected chi connectivity index (χ0v) is 22.8. The van der Waals surface area contributed by atoms with Crippen molar-refractivity contribution in [2.24, 2.45) is 0 Å². The van der Waals surface area contributed by atoms with Crippen LogP contribution in [0.1, 0.15) is 5.56 Å². The minimum Gasteiger partial charge on any atom is -0.489 e. The third-order valence-corrected chi connectivity index (χ3v) is 8.51. The number of likely N-dealkylation sites (N-methyl/N-ethyl adjacent to an activating group) is 1. The first-order valence-corrected chi connectivity index (χ1v) is 13.5. The van der Waals surface area contributed by atoms with Gasteiger partial charge in [0, 0.05) is 27.0 Å². The van der Waals surface area contributed by atoms with Crippen molar-refractivity contribution in [3.63, 3.8) is 0 Å². The van der Waals surface area contributed by atoms with Gasteiger partial charge in [-0.1, -0.05) is 59.6 Å². The molecule has 0 saturated heterocycles. The second-order valence-electron chi connectivity index (χ2n) is 8.18. The van der Waals surface area contributed by atoms with Crippen LogP contribution in [0.15, 0.2) is 70.0 Å². The molecular weight excluding hydrogens is 559 g/mol. The predicted octanol–water partition coefficient (Wildman–Crippen LogP) is 6.86. The molecule has 4 rings (SSSR count). The summed E-state index contributed by atoms with van der Waals surface area (Å²) >= 11 is 16.4. The van der Waals surface area contributed by atoms with Gasteiger partial charge in [-0.05, 0) is 66.8 Å². The fourth-order valence-electron chi connectivity index (χ4n) is 3.75. The fraction of sp³-hybridized carbons (Fsp3) is 0.200. The van der Waals surface area contributed by atoms with E-state index in [4.69, 9.17) is 27.9 Å². The topological polar surface area (TPSA) is 51.5 Å². The van der Waals surface area contributed by atoms with Crippen LogP contribution in [0.4, 0.5) is 0 Å². The number of fused-ring (bicyclic) bond motifs is 1. The van der Waals surface area contributed by atoms with Gasteiger partial charge in [-0.3, -0.25) is 0 Å². The molecule has 3 aromatic carbocycles. The van der Waals surface area contributed by atoms with Gasteiger partial charge in [-0.15, -0.1) is 0 Å². The van der Waals surface area contributed by atoms with Crippen LogP contribution >= 0.6 is 39.1 Å². The molecule has 0 N–H and O–H groups in total. The van der Waals surface area contributed by atoms with Crippen LogP contribution in [0.5, 0.6) is 5.75 Å². The summed E-state index contributed by atoms with van der Waals surface area (Å²) in [6, 6.07) is 17.6. The fourth-order valence-corrected chi connectivity index (χ4v) is 7.09. The molecule has 0 atom stereocenters. The molecule has 34 heavy (non-hydrogen) atoms. The van der Waals surface area contributed by atoms with E-state index in [1.54, 1.807) is 30.3 Å². The highest BCUT2D eigenvalue weighted by Crippen LogP contribution is 2.46. The van der Waals surface area contributed by atoms with Gasteiger partial charge >= 0.3 is 0 Å². The number of hydrogen-bond acceptors (Lipinski definition) is 4. The highest BCUT2D eigenvalue weighted by molar-refractivity contribution is 9.10. The van der Waals surface area contributed by atoms with Crippen LogP contribution in [0.3, 0.4) is 0 Å². The number of benzene rings is 3. The molecule has 0 aliphatic carbocycles. The Labute approximate surface area is 218 Å². The summed E-state index contributed by atoms with van der Waals surface area (Å²) in [7, 11) is -0.211. The van der Waals surface area contributed by atoms with E-state index >= 15 is 0 Å². The minimum atomic E-state index is -4.10. The second-order valence-corrected chi connectivity index (χ2v) is 11.6. The van der Waals surface area contributed by atoms with Crippen molar-refractivity contribution in [3.05, 3.63) is 80.7 Å². The Balaban J connectivity index is 2.12. The number of nitrogens with zero attached hydrogens (tertiary/aromatic N) is 2. The molecule has 1 aromatic heterocycles. The first-order valence-electron chi connectivity index (χ1n) is 10.5. The van der Waals surface area contributed by atoms with Gasteiger partial charge in [0.25, 0.3) is 10.0 Å². The average molecular weight is 582 g/mol. The molecule has 5 nitrogen and oxygen atoms in total. The van der Waals surface area contributed by atoms with Crippen molar-refractivity contribution in [1.29, 1.82) is 0 Å². The van der Waals surface area contributed by atoms with Crippen LogP contribution in [-0.2, 0) is 10.0 Å². The molecule has 0 fully saturated rings. The summed E-state index contributed by atoms with van der Waals surface area (Å²) in [4.78, 5) is 2.11. The SMILES string of the molecule is Cc1ccc(S(=O)(=O)n2c(-c3ccccc3)c(OCCN(C)C)c3cc(Cl)cc(Cl)c32)c(Br)c1. The minimum absolute atomic E-state index is 0.123. The standard InChI is InChI=1S/C25H23BrCl2N2O3S/c1-16-9-10-22(20(26)13-16)34(31,32)30-23(17-7-5-4-6-8-17)25(33-12-11-29(2)3)19-14-18(27)15-21(28)24(19)30/h4-10,13-15H,11-12H2,1-3H3. The Morgan fingerprint density at radius 1 is 1.03 bits per heavy atom. The zero-order valence-electron chi connectivity index (χ0n) is 18.8. The molecule has 0 amide bonds. The monoisotopic (exact) mass is 580 g/mol. The van der Waals surface area contributed by atoms with Crippen LogP contribution in [-0.4, -0.2) is 44.5 Å². The Bertz CT molecular complexity index is 1470. The maximum atomic E-state index is 14.2. The van der Waals surface area contributed by atoms with Crippen molar-refractivity contribution in [3.8, 4) is 17.0 Å². The smallest absolute Gasteiger partial charge is 0.270 e. The van der Waals surface area contributed by atoms with E-state index in [0.29, 0.717) is 50.6 Å². The van der Waals surface area contributed by atoms with Gasteiger partial charge < -0.3 is 9.64 Å². The summed E-state index contributed by atoms with van der Waals surface area (Å²) in [5.41, 5.74) is 2.32. The Kier molecular flexibility index (Phi) is 7.31. The van der Waals surface area contributed by atoms with E-state index < -0.39 is 10.0 Å². The molecule has 9 heteroatoms. The van der Waals surface area contributed by atoms with E-state index in [-0.39, 0.29) is 9.92 Å². The van der Waals surface area contributed by atoms with E-state index in [1.165, 1.54) is 3.97 Å². The number of ether oxygens (including phenoxy) is 1. The van der Waals surface area contributed by atoms with Crippen LogP contribution in [0, 0.1) is 6.92 Å². The summed E-state index contributed by atoms with van der Waals surface area (Å²) in [6.07, 6.45) is 0. The Morgan fingerprint density at radius 2 is 1.74 bits per heavy atom. The largest absolute Gasteiger partial charge is 0.489 e. The number of halogens is 3. The average Bonchev–Trinajstić information content (AvgIpc) is 3.09. The second kappa shape index (κ2) is 9.91. The van der Waals surface area contributed by atoms with E-state index in [9.17, 15) is 8.42 Å². The first kappa shape index (κ1) is 25.1. The van der Waals surface area contributed by atoms with Crippen molar-refractivity contribution in [2.75, 3.05) is 27.2 Å². The summed E-state index contributed by atoms with van der Waals surface area (Å²) in [5.74, 6) is 0.416. The Hall–Kier alpha value is -2.03. The molecule has 0 unspecified atom stereocenters. The predicted molar refractivity (Wildman–Crippen MR) is 143 cm³/mol. The zero-order chi connectivity index (χ0) is 24.6. The first-order chi connectivity index (χ1) is 16.1. The molecule has 0 radical (unpaired) electrons. The van der Waals surface area contributed by atoms with E-state index in [0.717, 1.165) is 5.56 Å². The highest BCUT2D eigenvalue weighted by Gasteiger charge is 2.31. The summed E-state index contributed by atoms with van der Waals surface area (Å²) < 4.78 is 36.3. The summed E-state index contributed by atoms with van der Waals surface area (Å²) in [5, 5.41) is 1.14. The van der Waals surface area contributed by atoms with Crippen molar-refractivity contribution in [1.82, 2.24) is 8.87 Å². The lowest BCUT2D eigenvalue weighted by molar-refractivity contribution is 0.264. The molecule has 1 heterocycles. The molecule has 178 valence electrons. The van der Waals surface area contributed by atoms with Crippen LogP contribution in [0.25, 0.3) is 22.2 Å². The summed E-state index contributed by atoms with van der Waals surface area (Å²) in [6.45, 7) is 2.90. The third-order valence-electron chi connectivity index (χ3n) is 5.33. The van der Waals surface area contributed by atoms with Crippen molar-refractivity contribution >= 4 is 60.1 Å². The van der Waals surface area contributed by atoms with E-state index in [2.05, 4.69) is 15.9 Å². The number of hydrogen-bond donors (Lipinski definition) is 0. The maximum Gasteiger partial charge on any atom is 0.270 e. The normalized spacial score (nSPS) is 12.0. The van der Waals surface area contributed by atoms with Crippen molar-refractivity contribution in [2.45, 2.75) is 11.8 Å². The van der Waals surface area contributed by atoms with Crippen molar-refractivity contribution < 1.29 is 13.2 Å². The van der Waals surface area contributed by atoms with Crippen LogP contribution < -0.4 is 4.74 Å². The van der Waals surface area contributed by atoms with Gasteiger partial charge in [0.15, 0.2) is 5.75 Å². The molecule has 0 bridgehead atoms. The lowest BCUT2D eigenvalue weighted by Gasteiger charge is -2.16. The van der Waals surface area contributed by atoms with Crippen LogP contribution in [0.2, 0.25) is 10.0 Å². The third kappa shape index (κ3) is 4.72. The molecule has 0 saturated carbocycles. The van der Waals surface area contributed by atoms with E-state index in [1.807, 2.05) is 56.3 Å². The van der Waals surface area contributed by atoms with Gasteiger partial charge in [0.1, 0.15) is 17.2 Å². The van der Waals surface area contributed by atoms with Gasteiger partial charge in [0.05, 0.1) is 10.5 Å². The highest BCUT2D eigenvalue weighted by atomic mass is 79.9. The van der Waals surface area contributed by atoms with Gasteiger partial charge in [-0.2, -0.15) is 0 Å².